The fraction of sp³-hybridized carbons (Fsp3) is 0.400. The quantitative estimate of drug-likeness (QED) is 0.773. The highest BCUT2D eigenvalue weighted by Crippen LogP contribution is 2.35. The Balaban J connectivity index is 1.72. The Labute approximate surface area is 143 Å². The minimum absolute atomic E-state index is 0.0606. The summed E-state index contributed by atoms with van der Waals surface area (Å²) >= 11 is 7.79. The van der Waals surface area contributed by atoms with E-state index in [1.807, 2.05) is 24.3 Å². The fourth-order valence-corrected chi connectivity index (χ4v) is 5.28. The Hall–Kier alpha value is -1.15. The molecule has 0 aliphatic carbocycles. The van der Waals surface area contributed by atoms with E-state index in [0.717, 1.165) is 21.2 Å². The first-order valence-corrected chi connectivity index (χ1v) is 10.2. The Bertz CT molecular complexity index is 846. The monoisotopic (exact) mass is 373 g/mol. The predicted octanol–water partition coefficient (Wildman–Crippen LogP) is 3.02. The first-order chi connectivity index (χ1) is 10.9. The number of thiophene rings is 1. The lowest BCUT2D eigenvalue weighted by Crippen LogP contribution is -2.40. The van der Waals surface area contributed by atoms with E-state index in [9.17, 15) is 13.2 Å². The maximum absolute atomic E-state index is 12.2. The average Bonchev–Trinajstić information content (AvgIpc) is 3.10. The minimum Gasteiger partial charge on any atom is -0.459 e. The number of rotatable bonds is 4. The lowest BCUT2D eigenvalue weighted by Gasteiger charge is -2.20. The summed E-state index contributed by atoms with van der Waals surface area (Å²) in [6, 6.07) is 6.98. The van der Waals surface area contributed by atoms with Gasteiger partial charge in [0.2, 0.25) is 10.0 Å². The number of esters is 1. The summed E-state index contributed by atoms with van der Waals surface area (Å²) in [4.78, 5) is 13.0. The van der Waals surface area contributed by atoms with Crippen molar-refractivity contribution in [3.63, 3.8) is 0 Å². The van der Waals surface area contributed by atoms with Gasteiger partial charge in [-0.2, -0.15) is 4.31 Å². The molecule has 1 saturated heterocycles. The molecule has 0 saturated carbocycles. The van der Waals surface area contributed by atoms with Gasteiger partial charge in [0.1, 0.15) is 12.6 Å². The lowest BCUT2D eigenvalue weighted by atomic mass is 10.2. The molecule has 2 heterocycles. The fourth-order valence-electron chi connectivity index (χ4n) is 2.76. The number of sulfonamides is 1. The molecule has 2 aromatic rings. The minimum atomic E-state index is -3.40. The van der Waals surface area contributed by atoms with Crippen LogP contribution in [0.1, 0.15) is 17.7 Å². The zero-order valence-corrected chi connectivity index (χ0v) is 14.9. The molecule has 1 aromatic heterocycles. The van der Waals surface area contributed by atoms with Crippen molar-refractivity contribution < 1.29 is 17.9 Å². The van der Waals surface area contributed by atoms with Gasteiger partial charge < -0.3 is 4.74 Å². The van der Waals surface area contributed by atoms with Crippen LogP contribution in [0.4, 0.5) is 0 Å². The molecule has 0 amide bonds. The van der Waals surface area contributed by atoms with Crippen LogP contribution in [0.2, 0.25) is 5.02 Å². The third-order valence-electron chi connectivity index (χ3n) is 3.85. The van der Waals surface area contributed by atoms with E-state index in [1.54, 1.807) is 0 Å². The van der Waals surface area contributed by atoms with Crippen LogP contribution in [0.3, 0.4) is 0 Å². The second kappa shape index (κ2) is 6.39. The summed E-state index contributed by atoms with van der Waals surface area (Å²) in [5.41, 5.74) is 0. The summed E-state index contributed by atoms with van der Waals surface area (Å²) < 4.78 is 31.0. The van der Waals surface area contributed by atoms with Gasteiger partial charge in [0.25, 0.3) is 0 Å². The number of hydrogen-bond acceptors (Lipinski definition) is 5. The molecule has 0 spiro atoms. The summed E-state index contributed by atoms with van der Waals surface area (Å²) in [6.07, 6.45) is 2.27. The smallest absolute Gasteiger partial charge is 0.324 e. The van der Waals surface area contributed by atoms with E-state index in [-0.39, 0.29) is 6.61 Å². The molecule has 5 nitrogen and oxygen atoms in total. The zero-order valence-electron chi connectivity index (χ0n) is 12.5. The number of halogens is 1. The first kappa shape index (κ1) is 16.7. The van der Waals surface area contributed by atoms with Gasteiger partial charge in [0.15, 0.2) is 0 Å². The number of carbonyl (C=O) groups excluding carboxylic acids is 1. The molecule has 1 aromatic carbocycles. The van der Waals surface area contributed by atoms with E-state index in [0.29, 0.717) is 24.4 Å². The van der Waals surface area contributed by atoms with E-state index in [2.05, 4.69) is 0 Å². The van der Waals surface area contributed by atoms with Crippen molar-refractivity contribution in [1.82, 2.24) is 4.31 Å². The van der Waals surface area contributed by atoms with E-state index < -0.39 is 22.0 Å². The second-order valence-electron chi connectivity index (χ2n) is 5.47. The van der Waals surface area contributed by atoms with Gasteiger partial charge in [-0.15, -0.1) is 11.3 Å². The normalized spacial score (nSPS) is 19.3. The molecule has 1 atom stereocenters. The van der Waals surface area contributed by atoms with Crippen molar-refractivity contribution in [2.45, 2.75) is 25.5 Å². The topological polar surface area (TPSA) is 63.7 Å². The molecule has 1 aliphatic heterocycles. The maximum atomic E-state index is 12.2. The summed E-state index contributed by atoms with van der Waals surface area (Å²) in [6.45, 7) is 0.424. The summed E-state index contributed by atoms with van der Waals surface area (Å²) in [5.74, 6) is -0.513. The second-order valence-corrected chi connectivity index (χ2v) is 8.92. The molecule has 0 bridgehead atoms. The van der Waals surface area contributed by atoms with Crippen LogP contribution in [0, 0.1) is 0 Å². The van der Waals surface area contributed by atoms with Crippen molar-refractivity contribution in [2.75, 3.05) is 12.8 Å². The third-order valence-corrected chi connectivity index (χ3v) is 6.83. The lowest BCUT2D eigenvalue weighted by molar-refractivity contribution is -0.148. The highest BCUT2D eigenvalue weighted by molar-refractivity contribution is 7.88. The Morgan fingerprint density at radius 2 is 2.17 bits per heavy atom. The van der Waals surface area contributed by atoms with Gasteiger partial charge in [-0.3, -0.25) is 4.79 Å². The molecular weight excluding hydrogens is 358 g/mol. The number of hydrogen-bond donors (Lipinski definition) is 0. The van der Waals surface area contributed by atoms with Gasteiger partial charge in [-0.1, -0.05) is 29.8 Å². The Morgan fingerprint density at radius 1 is 1.43 bits per heavy atom. The molecule has 8 heteroatoms. The molecule has 0 unspecified atom stereocenters. The van der Waals surface area contributed by atoms with Crippen molar-refractivity contribution in [1.29, 1.82) is 0 Å². The number of fused-ring (bicyclic) bond motifs is 1. The number of carbonyl (C=O) groups is 1. The maximum Gasteiger partial charge on any atom is 0.324 e. The predicted molar refractivity (Wildman–Crippen MR) is 91.2 cm³/mol. The zero-order chi connectivity index (χ0) is 16.6. The molecular formula is C15H16ClNO4S2. The van der Waals surface area contributed by atoms with Crippen molar-refractivity contribution >= 4 is 49.0 Å². The molecule has 3 rings (SSSR count). The molecule has 23 heavy (non-hydrogen) atoms. The van der Waals surface area contributed by atoms with Crippen molar-refractivity contribution in [3.8, 4) is 0 Å². The van der Waals surface area contributed by atoms with Crippen LogP contribution in [-0.4, -0.2) is 37.5 Å². The highest BCUT2D eigenvalue weighted by Gasteiger charge is 2.37. The first-order valence-electron chi connectivity index (χ1n) is 7.17. The highest BCUT2D eigenvalue weighted by atomic mass is 35.5. The van der Waals surface area contributed by atoms with E-state index in [4.69, 9.17) is 16.3 Å². The van der Waals surface area contributed by atoms with Crippen molar-refractivity contribution in [3.05, 3.63) is 34.2 Å². The van der Waals surface area contributed by atoms with Crippen molar-refractivity contribution in [2.24, 2.45) is 0 Å². The SMILES string of the molecule is CS(=O)(=O)N1CCC[C@H]1C(=O)OCc1sc2ccccc2c1Cl. The van der Waals surface area contributed by atoms with Gasteiger partial charge in [0.05, 0.1) is 16.2 Å². The molecule has 124 valence electrons. The molecule has 0 N–H and O–H groups in total. The van der Waals surface area contributed by atoms with Crippen LogP contribution in [0.15, 0.2) is 24.3 Å². The van der Waals surface area contributed by atoms with Crippen LogP contribution >= 0.6 is 22.9 Å². The molecule has 0 radical (unpaired) electrons. The summed E-state index contributed by atoms with van der Waals surface area (Å²) in [5, 5.41) is 1.52. The Kier molecular flexibility index (Phi) is 4.64. The van der Waals surface area contributed by atoms with Gasteiger partial charge in [-0.05, 0) is 18.9 Å². The number of nitrogens with zero attached hydrogens (tertiary/aromatic N) is 1. The Morgan fingerprint density at radius 3 is 2.87 bits per heavy atom. The van der Waals surface area contributed by atoms with E-state index >= 15 is 0 Å². The van der Waals surface area contributed by atoms with Gasteiger partial charge in [0, 0.05) is 16.6 Å². The van der Waals surface area contributed by atoms with Crippen LogP contribution in [0.5, 0.6) is 0 Å². The largest absolute Gasteiger partial charge is 0.459 e. The summed E-state index contributed by atoms with van der Waals surface area (Å²) in [7, 11) is -3.40. The van der Waals surface area contributed by atoms with Crippen LogP contribution in [-0.2, 0) is 26.2 Å². The number of benzene rings is 1. The third kappa shape index (κ3) is 3.38. The molecule has 1 fully saturated rings. The standard InChI is InChI=1S/C15H16ClNO4S2/c1-23(19,20)17-8-4-6-11(17)15(18)21-9-13-14(16)10-5-2-3-7-12(10)22-13/h2-3,5,7,11H,4,6,8-9H2,1H3/t11-/m0/s1. The average molecular weight is 374 g/mol. The van der Waals surface area contributed by atoms with Crippen LogP contribution < -0.4 is 0 Å². The number of ether oxygens (including phenoxy) is 1. The van der Waals surface area contributed by atoms with Gasteiger partial charge >= 0.3 is 5.97 Å². The van der Waals surface area contributed by atoms with Crippen LogP contribution in [0.25, 0.3) is 10.1 Å². The molecule has 1 aliphatic rings. The van der Waals surface area contributed by atoms with Gasteiger partial charge in [-0.25, -0.2) is 8.42 Å². The van der Waals surface area contributed by atoms with E-state index in [1.165, 1.54) is 15.6 Å².